The number of ether oxygens (including phenoxy) is 1. The summed E-state index contributed by atoms with van der Waals surface area (Å²) in [6.07, 6.45) is 2.22. The number of unbranched alkanes of at least 4 members (excludes halogenated alkanes) is 1. The van der Waals surface area contributed by atoms with E-state index < -0.39 is 11.7 Å². The number of hydrogen-bond donors (Lipinski definition) is 3. The Morgan fingerprint density at radius 2 is 2.05 bits per heavy atom. The van der Waals surface area contributed by atoms with Crippen molar-refractivity contribution in [2.45, 2.75) is 45.6 Å². The van der Waals surface area contributed by atoms with Crippen LogP contribution in [0.4, 0.5) is 10.5 Å². The van der Waals surface area contributed by atoms with Crippen molar-refractivity contribution >= 4 is 11.8 Å². The number of aryl methyl sites for hydroxylation is 1. The van der Waals surface area contributed by atoms with Gasteiger partial charge in [0, 0.05) is 0 Å². The Bertz CT molecular complexity index is 453. The van der Waals surface area contributed by atoms with Gasteiger partial charge in [-0.05, 0) is 64.3 Å². The summed E-state index contributed by atoms with van der Waals surface area (Å²) in [6.45, 7) is 6.03. The Hall–Kier alpha value is -1.75. The first kappa shape index (κ1) is 16.3. The summed E-state index contributed by atoms with van der Waals surface area (Å²) in [4.78, 5) is 11.6. The summed E-state index contributed by atoms with van der Waals surface area (Å²) in [5, 5.41) is 12.4. The Labute approximate surface area is 120 Å². The van der Waals surface area contributed by atoms with Gasteiger partial charge in [0.15, 0.2) is 0 Å². The highest BCUT2D eigenvalue weighted by atomic mass is 16.6. The molecule has 1 rings (SSSR count). The SMILES string of the molecule is CC(C)(C)OC(=O)Nc1ccc(CCCCN)cc1O. The monoisotopic (exact) mass is 280 g/mol. The molecule has 0 aliphatic rings. The van der Waals surface area contributed by atoms with E-state index in [2.05, 4.69) is 5.32 Å². The number of anilines is 1. The molecule has 0 fully saturated rings. The molecule has 0 radical (unpaired) electrons. The molecular formula is C15H24N2O3. The average Bonchev–Trinajstić information content (AvgIpc) is 2.30. The zero-order valence-electron chi connectivity index (χ0n) is 12.4. The van der Waals surface area contributed by atoms with Crippen molar-refractivity contribution in [3.05, 3.63) is 23.8 Å². The van der Waals surface area contributed by atoms with Crippen LogP contribution in [0.1, 0.15) is 39.2 Å². The van der Waals surface area contributed by atoms with E-state index in [0.717, 1.165) is 24.8 Å². The minimum Gasteiger partial charge on any atom is -0.506 e. The third kappa shape index (κ3) is 5.93. The van der Waals surface area contributed by atoms with Gasteiger partial charge in [0.05, 0.1) is 5.69 Å². The molecule has 0 heterocycles. The van der Waals surface area contributed by atoms with Crippen molar-refractivity contribution in [2.24, 2.45) is 5.73 Å². The lowest BCUT2D eigenvalue weighted by atomic mass is 10.1. The fourth-order valence-corrected chi connectivity index (χ4v) is 1.73. The smallest absolute Gasteiger partial charge is 0.412 e. The second-order valence-corrected chi connectivity index (χ2v) is 5.72. The zero-order valence-corrected chi connectivity index (χ0v) is 12.4. The minimum absolute atomic E-state index is 0.0427. The van der Waals surface area contributed by atoms with Gasteiger partial charge in [0.25, 0.3) is 0 Å². The maximum atomic E-state index is 11.6. The maximum absolute atomic E-state index is 11.6. The number of hydrogen-bond acceptors (Lipinski definition) is 4. The van der Waals surface area contributed by atoms with Crippen LogP contribution < -0.4 is 11.1 Å². The van der Waals surface area contributed by atoms with E-state index in [-0.39, 0.29) is 5.75 Å². The molecule has 0 bridgehead atoms. The van der Waals surface area contributed by atoms with Crippen LogP contribution in [-0.2, 0) is 11.2 Å². The van der Waals surface area contributed by atoms with Gasteiger partial charge >= 0.3 is 6.09 Å². The predicted octanol–water partition coefficient (Wildman–Crippen LogP) is 3.02. The van der Waals surface area contributed by atoms with Crippen LogP contribution in [0.25, 0.3) is 0 Å². The van der Waals surface area contributed by atoms with E-state index in [9.17, 15) is 9.90 Å². The first-order chi connectivity index (χ1) is 9.31. The van der Waals surface area contributed by atoms with Crippen LogP contribution in [0.5, 0.6) is 5.75 Å². The number of rotatable bonds is 5. The summed E-state index contributed by atoms with van der Waals surface area (Å²) >= 11 is 0. The fourth-order valence-electron chi connectivity index (χ4n) is 1.73. The van der Waals surface area contributed by atoms with Crippen LogP contribution >= 0.6 is 0 Å². The van der Waals surface area contributed by atoms with E-state index in [1.807, 2.05) is 6.07 Å². The van der Waals surface area contributed by atoms with Gasteiger partial charge in [-0.15, -0.1) is 0 Å². The molecule has 0 atom stereocenters. The summed E-state index contributed by atoms with van der Waals surface area (Å²) in [7, 11) is 0. The van der Waals surface area contributed by atoms with Crippen molar-refractivity contribution in [1.82, 2.24) is 0 Å². The fraction of sp³-hybridized carbons (Fsp3) is 0.533. The molecule has 1 aromatic carbocycles. The molecule has 0 spiro atoms. The zero-order chi connectivity index (χ0) is 15.2. The van der Waals surface area contributed by atoms with Crippen LogP contribution in [0.15, 0.2) is 18.2 Å². The van der Waals surface area contributed by atoms with Crippen LogP contribution in [0.3, 0.4) is 0 Å². The lowest BCUT2D eigenvalue weighted by Gasteiger charge is -2.20. The molecule has 4 N–H and O–H groups in total. The van der Waals surface area contributed by atoms with E-state index in [1.165, 1.54) is 0 Å². The number of phenolic OH excluding ortho intramolecular Hbond substituents is 1. The second-order valence-electron chi connectivity index (χ2n) is 5.72. The Morgan fingerprint density at radius 3 is 2.60 bits per heavy atom. The maximum Gasteiger partial charge on any atom is 0.412 e. The minimum atomic E-state index is -0.580. The Balaban J connectivity index is 2.61. The number of nitrogens with two attached hydrogens (primary N) is 1. The Kier molecular flexibility index (Phi) is 5.82. The summed E-state index contributed by atoms with van der Waals surface area (Å²) in [6, 6.07) is 5.21. The molecular weight excluding hydrogens is 256 g/mol. The molecule has 0 aromatic heterocycles. The molecule has 0 saturated carbocycles. The molecule has 0 saturated heterocycles. The van der Waals surface area contributed by atoms with E-state index in [1.54, 1.807) is 32.9 Å². The second kappa shape index (κ2) is 7.14. The van der Waals surface area contributed by atoms with E-state index in [0.29, 0.717) is 12.2 Å². The van der Waals surface area contributed by atoms with Gasteiger partial charge in [0.1, 0.15) is 11.4 Å². The van der Waals surface area contributed by atoms with Gasteiger partial charge in [-0.1, -0.05) is 6.07 Å². The number of carbonyl (C=O) groups is 1. The molecule has 0 aliphatic carbocycles. The van der Waals surface area contributed by atoms with E-state index >= 15 is 0 Å². The molecule has 112 valence electrons. The highest BCUT2D eigenvalue weighted by molar-refractivity contribution is 5.86. The third-order valence-electron chi connectivity index (χ3n) is 2.62. The van der Waals surface area contributed by atoms with Crippen molar-refractivity contribution in [2.75, 3.05) is 11.9 Å². The van der Waals surface area contributed by atoms with Gasteiger partial charge in [-0.25, -0.2) is 4.79 Å². The normalized spacial score (nSPS) is 11.2. The molecule has 1 amide bonds. The number of benzene rings is 1. The molecule has 0 aliphatic heterocycles. The molecule has 0 unspecified atom stereocenters. The van der Waals surface area contributed by atoms with Crippen LogP contribution in [-0.4, -0.2) is 23.3 Å². The summed E-state index contributed by atoms with van der Waals surface area (Å²) in [5.41, 5.74) is 6.24. The van der Waals surface area contributed by atoms with Gasteiger partial charge in [0.2, 0.25) is 0 Å². The van der Waals surface area contributed by atoms with Crippen LogP contribution in [0, 0.1) is 0 Å². The van der Waals surface area contributed by atoms with Crippen molar-refractivity contribution in [1.29, 1.82) is 0 Å². The van der Waals surface area contributed by atoms with Gasteiger partial charge in [-0.2, -0.15) is 0 Å². The standard InChI is InChI=1S/C15H24N2O3/c1-15(2,3)20-14(19)17-12-8-7-11(10-13(12)18)6-4-5-9-16/h7-8,10,18H,4-6,9,16H2,1-3H3,(H,17,19). The molecule has 5 nitrogen and oxygen atoms in total. The molecule has 5 heteroatoms. The number of nitrogens with one attached hydrogen (secondary N) is 1. The lowest BCUT2D eigenvalue weighted by Crippen LogP contribution is -2.27. The lowest BCUT2D eigenvalue weighted by molar-refractivity contribution is 0.0635. The van der Waals surface area contributed by atoms with Gasteiger partial charge < -0.3 is 15.6 Å². The average molecular weight is 280 g/mol. The van der Waals surface area contributed by atoms with Gasteiger partial charge in [-0.3, -0.25) is 5.32 Å². The highest BCUT2D eigenvalue weighted by Crippen LogP contribution is 2.25. The third-order valence-corrected chi connectivity index (χ3v) is 2.62. The van der Waals surface area contributed by atoms with Crippen LogP contribution in [0.2, 0.25) is 0 Å². The highest BCUT2D eigenvalue weighted by Gasteiger charge is 2.17. The number of aromatic hydroxyl groups is 1. The van der Waals surface area contributed by atoms with Crippen molar-refractivity contribution in [3.8, 4) is 5.75 Å². The van der Waals surface area contributed by atoms with E-state index in [4.69, 9.17) is 10.5 Å². The molecule has 1 aromatic rings. The summed E-state index contributed by atoms with van der Waals surface area (Å²) in [5.74, 6) is 0.0427. The topological polar surface area (TPSA) is 84.6 Å². The Morgan fingerprint density at radius 1 is 1.35 bits per heavy atom. The number of carbonyl (C=O) groups excluding carboxylic acids is 1. The quantitative estimate of drug-likeness (QED) is 0.571. The summed E-state index contributed by atoms with van der Waals surface area (Å²) < 4.78 is 5.13. The first-order valence-corrected chi connectivity index (χ1v) is 6.84. The number of phenols is 1. The van der Waals surface area contributed by atoms with Crippen molar-refractivity contribution in [3.63, 3.8) is 0 Å². The molecule has 20 heavy (non-hydrogen) atoms. The largest absolute Gasteiger partial charge is 0.506 e. The predicted molar refractivity (Wildman–Crippen MR) is 80.0 cm³/mol. The first-order valence-electron chi connectivity index (χ1n) is 6.84. The van der Waals surface area contributed by atoms with Crippen molar-refractivity contribution < 1.29 is 14.6 Å². The number of amides is 1.